The van der Waals surface area contributed by atoms with E-state index in [0.717, 1.165) is 0 Å². The van der Waals surface area contributed by atoms with Crippen LogP contribution in [-0.4, -0.2) is 23.2 Å². The molecule has 21 heavy (non-hydrogen) atoms. The number of aromatic nitrogens is 1. The molecule has 2 aromatic heterocycles. The molecule has 0 amide bonds. The quantitative estimate of drug-likeness (QED) is 0.795. The van der Waals surface area contributed by atoms with E-state index in [1.165, 1.54) is 19.4 Å². The number of pyridine rings is 1. The van der Waals surface area contributed by atoms with E-state index in [1.807, 2.05) is 0 Å². The van der Waals surface area contributed by atoms with Crippen LogP contribution in [0, 0.1) is 0 Å². The van der Waals surface area contributed by atoms with Crippen molar-refractivity contribution in [3.63, 3.8) is 0 Å². The zero-order valence-electron chi connectivity index (χ0n) is 11.0. The summed E-state index contributed by atoms with van der Waals surface area (Å²) in [5.74, 6) is -0.169. The van der Waals surface area contributed by atoms with Gasteiger partial charge in [-0.05, 0) is 30.3 Å². The minimum atomic E-state index is -1.09. The second kappa shape index (κ2) is 5.10. The second-order valence-corrected chi connectivity index (χ2v) is 4.72. The summed E-state index contributed by atoms with van der Waals surface area (Å²) >= 11 is 6.13. The van der Waals surface area contributed by atoms with E-state index in [1.54, 1.807) is 24.3 Å². The molecule has 0 saturated heterocycles. The molecule has 2 heterocycles. The fourth-order valence-electron chi connectivity index (χ4n) is 2.16. The van der Waals surface area contributed by atoms with E-state index < -0.39 is 5.97 Å². The van der Waals surface area contributed by atoms with Crippen LogP contribution in [-0.2, 0) is 0 Å². The molecule has 1 aromatic carbocycles. The highest BCUT2D eigenvalue weighted by atomic mass is 35.5. The van der Waals surface area contributed by atoms with Gasteiger partial charge in [-0.1, -0.05) is 11.6 Å². The lowest BCUT2D eigenvalue weighted by atomic mass is 10.1. The van der Waals surface area contributed by atoms with Crippen molar-refractivity contribution in [3.05, 3.63) is 47.2 Å². The highest BCUT2D eigenvalue weighted by Crippen LogP contribution is 2.35. The van der Waals surface area contributed by atoms with Gasteiger partial charge >= 0.3 is 5.97 Å². The Hall–Kier alpha value is -2.53. The van der Waals surface area contributed by atoms with E-state index in [2.05, 4.69) is 4.98 Å². The average molecular weight is 304 g/mol. The third-order valence-electron chi connectivity index (χ3n) is 3.10. The predicted octanol–water partition coefficient (Wildman–Crippen LogP) is 3.86. The predicted molar refractivity (Wildman–Crippen MR) is 78.0 cm³/mol. The van der Waals surface area contributed by atoms with Crippen molar-refractivity contribution in [1.82, 2.24) is 4.98 Å². The molecular formula is C15H10ClNO4. The van der Waals surface area contributed by atoms with Gasteiger partial charge in [0, 0.05) is 5.39 Å². The number of rotatable bonds is 3. The van der Waals surface area contributed by atoms with Gasteiger partial charge in [-0.3, -0.25) is 0 Å². The SMILES string of the molecule is COc1ccc(Cl)c2c(C(=O)O)cc(-c3ccco3)nc12. The first-order valence-electron chi connectivity index (χ1n) is 6.06. The minimum Gasteiger partial charge on any atom is -0.494 e. The van der Waals surface area contributed by atoms with Crippen LogP contribution < -0.4 is 4.74 Å². The monoisotopic (exact) mass is 303 g/mol. The van der Waals surface area contributed by atoms with Gasteiger partial charge in [0.05, 0.1) is 24.0 Å². The number of halogens is 1. The number of hydrogen-bond donors (Lipinski definition) is 1. The Morgan fingerprint density at radius 2 is 2.19 bits per heavy atom. The van der Waals surface area contributed by atoms with Gasteiger partial charge in [0.1, 0.15) is 17.0 Å². The number of methoxy groups -OCH3 is 1. The largest absolute Gasteiger partial charge is 0.494 e. The van der Waals surface area contributed by atoms with E-state index in [0.29, 0.717) is 33.1 Å². The number of benzene rings is 1. The van der Waals surface area contributed by atoms with E-state index >= 15 is 0 Å². The minimum absolute atomic E-state index is 0.0512. The number of hydrogen-bond acceptors (Lipinski definition) is 4. The normalized spacial score (nSPS) is 10.8. The van der Waals surface area contributed by atoms with Gasteiger partial charge in [-0.2, -0.15) is 0 Å². The van der Waals surface area contributed by atoms with Crippen molar-refractivity contribution in [3.8, 4) is 17.2 Å². The lowest BCUT2D eigenvalue weighted by molar-refractivity contribution is 0.0699. The zero-order valence-corrected chi connectivity index (χ0v) is 11.7. The van der Waals surface area contributed by atoms with E-state index in [4.69, 9.17) is 20.8 Å². The number of carbonyl (C=O) groups is 1. The average Bonchev–Trinajstić information content (AvgIpc) is 3.00. The molecule has 5 nitrogen and oxygen atoms in total. The fraction of sp³-hybridized carbons (Fsp3) is 0.0667. The van der Waals surface area contributed by atoms with Crippen LogP contribution in [0.1, 0.15) is 10.4 Å². The van der Waals surface area contributed by atoms with Gasteiger partial charge < -0.3 is 14.3 Å². The van der Waals surface area contributed by atoms with Gasteiger partial charge in [-0.25, -0.2) is 9.78 Å². The summed E-state index contributed by atoms with van der Waals surface area (Å²) in [6.45, 7) is 0. The molecule has 0 spiro atoms. The number of carboxylic acid groups (broad SMARTS) is 1. The Morgan fingerprint density at radius 3 is 2.81 bits per heavy atom. The molecule has 106 valence electrons. The van der Waals surface area contributed by atoms with Crippen molar-refractivity contribution in [1.29, 1.82) is 0 Å². The summed E-state index contributed by atoms with van der Waals surface area (Å²) < 4.78 is 10.5. The molecule has 1 N–H and O–H groups in total. The molecule has 0 aliphatic carbocycles. The van der Waals surface area contributed by atoms with Crippen molar-refractivity contribution in [2.45, 2.75) is 0 Å². The van der Waals surface area contributed by atoms with Crippen molar-refractivity contribution >= 4 is 28.5 Å². The molecule has 0 aliphatic heterocycles. The van der Waals surface area contributed by atoms with E-state index in [9.17, 15) is 9.90 Å². The highest BCUT2D eigenvalue weighted by Gasteiger charge is 2.19. The molecule has 0 radical (unpaired) electrons. The molecule has 3 rings (SSSR count). The lowest BCUT2D eigenvalue weighted by Gasteiger charge is -2.10. The van der Waals surface area contributed by atoms with Crippen LogP contribution in [0.2, 0.25) is 5.02 Å². The Balaban J connectivity index is 2.43. The van der Waals surface area contributed by atoms with Crippen LogP contribution >= 0.6 is 11.6 Å². The molecular weight excluding hydrogens is 294 g/mol. The standard InChI is InChI=1S/C15H10ClNO4/c1-20-12-5-4-9(16)13-8(15(18)19)7-10(17-14(12)13)11-3-2-6-21-11/h2-7H,1H3,(H,18,19). The van der Waals surface area contributed by atoms with Crippen molar-refractivity contribution < 1.29 is 19.1 Å². The summed E-state index contributed by atoms with van der Waals surface area (Å²) in [6.07, 6.45) is 1.50. The second-order valence-electron chi connectivity index (χ2n) is 4.31. The maximum atomic E-state index is 11.5. The Labute approximate surface area is 124 Å². The number of nitrogens with zero attached hydrogens (tertiary/aromatic N) is 1. The molecule has 0 bridgehead atoms. The summed E-state index contributed by atoms with van der Waals surface area (Å²) in [5.41, 5.74) is 0.845. The number of aromatic carboxylic acids is 1. The van der Waals surface area contributed by atoms with Crippen molar-refractivity contribution in [2.75, 3.05) is 7.11 Å². The lowest BCUT2D eigenvalue weighted by Crippen LogP contribution is -2.01. The number of ether oxygens (including phenoxy) is 1. The number of carboxylic acids is 1. The first kappa shape index (κ1) is 13.5. The van der Waals surface area contributed by atoms with Crippen LogP contribution in [0.4, 0.5) is 0 Å². The number of furan rings is 1. The Kier molecular flexibility index (Phi) is 3.27. The van der Waals surface area contributed by atoms with Crippen molar-refractivity contribution in [2.24, 2.45) is 0 Å². The van der Waals surface area contributed by atoms with Gasteiger partial charge in [0.15, 0.2) is 5.76 Å². The van der Waals surface area contributed by atoms with Gasteiger partial charge in [-0.15, -0.1) is 0 Å². The maximum absolute atomic E-state index is 11.5. The van der Waals surface area contributed by atoms with Gasteiger partial charge in [0.2, 0.25) is 0 Å². The highest BCUT2D eigenvalue weighted by molar-refractivity contribution is 6.37. The summed E-state index contributed by atoms with van der Waals surface area (Å²) in [4.78, 5) is 16.0. The molecule has 0 atom stereocenters. The third-order valence-corrected chi connectivity index (χ3v) is 3.41. The zero-order chi connectivity index (χ0) is 15.0. The summed E-state index contributed by atoms with van der Waals surface area (Å²) in [7, 11) is 1.49. The van der Waals surface area contributed by atoms with Crippen LogP contribution in [0.15, 0.2) is 41.0 Å². The third kappa shape index (κ3) is 2.21. The van der Waals surface area contributed by atoms with Crippen LogP contribution in [0.5, 0.6) is 5.75 Å². The molecule has 0 fully saturated rings. The Morgan fingerprint density at radius 1 is 1.38 bits per heavy atom. The molecule has 6 heteroatoms. The summed E-state index contributed by atoms with van der Waals surface area (Å²) in [5, 5.41) is 10.1. The van der Waals surface area contributed by atoms with E-state index in [-0.39, 0.29) is 5.56 Å². The molecule has 0 saturated carbocycles. The van der Waals surface area contributed by atoms with Crippen LogP contribution in [0.25, 0.3) is 22.4 Å². The molecule has 0 unspecified atom stereocenters. The molecule has 0 aliphatic rings. The van der Waals surface area contributed by atoms with Gasteiger partial charge in [0.25, 0.3) is 0 Å². The smallest absolute Gasteiger partial charge is 0.336 e. The summed E-state index contributed by atoms with van der Waals surface area (Å²) in [6, 6.07) is 8.08. The first-order chi connectivity index (χ1) is 10.1. The Bertz CT molecular complexity index is 827. The number of fused-ring (bicyclic) bond motifs is 1. The fourth-order valence-corrected chi connectivity index (χ4v) is 2.41. The molecule has 3 aromatic rings. The first-order valence-corrected chi connectivity index (χ1v) is 6.44. The van der Waals surface area contributed by atoms with Crippen LogP contribution in [0.3, 0.4) is 0 Å². The maximum Gasteiger partial charge on any atom is 0.336 e. The topological polar surface area (TPSA) is 72.6 Å².